The van der Waals surface area contributed by atoms with Gasteiger partial charge in [0.05, 0.1) is 10.5 Å². The third-order valence-corrected chi connectivity index (χ3v) is 10.6. The molecule has 0 aromatic heterocycles. The van der Waals surface area contributed by atoms with Gasteiger partial charge < -0.3 is 24.4 Å². The number of amides is 1. The van der Waals surface area contributed by atoms with Crippen molar-refractivity contribution in [1.29, 1.82) is 0 Å². The standard InChI is InChI=1S/C23H24F3NO5S.C13H17NO.ClH/c1-33(29,30)19-4-5-21(32-14-23(24,25)26)20(11-19)22(28)27-12-17-3-2-16(10-18(17)13-27)15-6-8-31-9-7-15;1-2-12-8-14-9-13(12)7-11(1)10-3-5-15-6-4-10;/h2-5,10-11,15H,6-9,12-14H2,1H3;1-2,7,10,14H,3-6,8-9H2;1H. The summed E-state index contributed by atoms with van der Waals surface area (Å²) >= 11 is 0. The third-order valence-electron chi connectivity index (χ3n) is 9.49. The smallest absolute Gasteiger partial charge is 0.422 e. The molecule has 0 spiro atoms. The zero-order chi connectivity index (χ0) is 33.9. The minimum atomic E-state index is -4.60. The molecule has 2 fully saturated rings. The van der Waals surface area contributed by atoms with Crippen LogP contribution in [0.25, 0.3) is 0 Å². The van der Waals surface area contributed by atoms with E-state index in [-0.39, 0.29) is 41.7 Å². The van der Waals surface area contributed by atoms with E-state index in [2.05, 4.69) is 29.6 Å². The Balaban J connectivity index is 0.000000243. The first-order chi connectivity index (χ1) is 22.9. The summed E-state index contributed by atoms with van der Waals surface area (Å²) in [5.41, 5.74) is 7.39. The van der Waals surface area contributed by atoms with E-state index in [4.69, 9.17) is 14.2 Å². The fourth-order valence-electron chi connectivity index (χ4n) is 6.81. The normalized spacial score (nSPS) is 18.2. The van der Waals surface area contributed by atoms with Crippen LogP contribution < -0.4 is 10.1 Å². The van der Waals surface area contributed by atoms with Gasteiger partial charge in [-0.2, -0.15) is 13.2 Å². The molecule has 0 aliphatic carbocycles. The highest BCUT2D eigenvalue weighted by atomic mass is 35.5. The zero-order valence-electron chi connectivity index (χ0n) is 27.4. The number of nitrogens with one attached hydrogen (secondary N) is 1. The number of halogens is 4. The molecule has 3 aromatic carbocycles. The lowest BCUT2D eigenvalue weighted by molar-refractivity contribution is -0.153. The monoisotopic (exact) mass is 722 g/mol. The highest BCUT2D eigenvalue weighted by molar-refractivity contribution is 7.90. The molecular formula is C36H42ClF3N2O6S. The van der Waals surface area contributed by atoms with Crippen LogP contribution in [0.15, 0.2) is 59.5 Å². The summed E-state index contributed by atoms with van der Waals surface area (Å²) in [7, 11) is -3.67. The van der Waals surface area contributed by atoms with Crippen molar-refractivity contribution in [2.24, 2.45) is 0 Å². The largest absolute Gasteiger partial charge is 0.483 e. The SMILES string of the molecule is CS(=O)(=O)c1ccc(OCC(F)(F)F)c(C(=O)N2Cc3ccc(C4CCOCC4)cc3C2)c1.Cl.c1cc2c(cc1C1CCOCC1)CNC2. The van der Waals surface area contributed by atoms with Crippen molar-refractivity contribution in [2.75, 3.05) is 39.3 Å². The topological polar surface area (TPSA) is 94.2 Å². The van der Waals surface area contributed by atoms with E-state index in [0.29, 0.717) is 19.1 Å². The van der Waals surface area contributed by atoms with Crippen LogP contribution in [0.5, 0.6) is 5.75 Å². The van der Waals surface area contributed by atoms with Crippen molar-refractivity contribution in [3.05, 3.63) is 93.5 Å². The van der Waals surface area contributed by atoms with Gasteiger partial charge in [0, 0.05) is 58.9 Å². The molecule has 0 atom stereocenters. The Hall–Kier alpha value is -3.16. The second-order valence-corrected chi connectivity index (χ2v) is 14.9. The maximum Gasteiger partial charge on any atom is 0.422 e. The Morgan fingerprint density at radius 3 is 1.96 bits per heavy atom. The van der Waals surface area contributed by atoms with Crippen LogP contribution in [0.1, 0.15) is 81.3 Å². The predicted molar refractivity (Wildman–Crippen MR) is 181 cm³/mol. The Kier molecular flexibility index (Phi) is 12.0. The summed E-state index contributed by atoms with van der Waals surface area (Å²) in [6.45, 7) is 4.36. The highest BCUT2D eigenvalue weighted by Crippen LogP contribution is 2.34. The number of rotatable bonds is 6. The minimum Gasteiger partial charge on any atom is -0.483 e. The summed E-state index contributed by atoms with van der Waals surface area (Å²) in [4.78, 5) is 14.6. The van der Waals surface area contributed by atoms with Crippen LogP contribution in [-0.2, 0) is 45.5 Å². The Labute approximate surface area is 291 Å². The molecule has 7 rings (SSSR count). The number of nitrogens with zero attached hydrogens (tertiary/aromatic N) is 1. The number of hydrogen-bond acceptors (Lipinski definition) is 7. The number of ether oxygens (including phenoxy) is 3. The van der Waals surface area contributed by atoms with Crippen molar-refractivity contribution in [1.82, 2.24) is 10.2 Å². The van der Waals surface area contributed by atoms with E-state index in [1.54, 1.807) is 0 Å². The van der Waals surface area contributed by atoms with E-state index >= 15 is 0 Å². The molecular weight excluding hydrogens is 681 g/mol. The van der Waals surface area contributed by atoms with Crippen LogP contribution in [0, 0.1) is 0 Å². The summed E-state index contributed by atoms with van der Waals surface area (Å²) in [6, 6.07) is 16.4. The minimum absolute atomic E-state index is 0. The number of carbonyl (C=O) groups excluding carboxylic acids is 1. The maximum atomic E-state index is 13.3. The number of fused-ring (bicyclic) bond motifs is 2. The van der Waals surface area contributed by atoms with Gasteiger partial charge in [-0.1, -0.05) is 36.4 Å². The fraction of sp³-hybridized carbons (Fsp3) is 0.472. The van der Waals surface area contributed by atoms with E-state index in [1.807, 2.05) is 12.1 Å². The number of alkyl halides is 3. The molecule has 3 aromatic rings. The molecule has 0 unspecified atom stereocenters. The van der Waals surface area contributed by atoms with E-state index < -0.39 is 28.5 Å². The predicted octanol–water partition coefficient (Wildman–Crippen LogP) is 6.69. The van der Waals surface area contributed by atoms with Gasteiger partial charge in [0.15, 0.2) is 16.4 Å². The number of benzene rings is 3. The molecule has 8 nitrogen and oxygen atoms in total. The molecule has 13 heteroatoms. The van der Waals surface area contributed by atoms with Gasteiger partial charge in [-0.05, 0) is 89.1 Å². The van der Waals surface area contributed by atoms with Crippen molar-refractivity contribution < 1.29 is 40.6 Å². The van der Waals surface area contributed by atoms with Crippen molar-refractivity contribution in [2.45, 2.75) is 74.8 Å². The molecule has 1 amide bonds. The van der Waals surface area contributed by atoms with Crippen LogP contribution in [0.4, 0.5) is 13.2 Å². The van der Waals surface area contributed by atoms with Gasteiger partial charge >= 0.3 is 6.18 Å². The molecule has 4 heterocycles. The maximum absolute atomic E-state index is 13.3. The van der Waals surface area contributed by atoms with Crippen molar-refractivity contribution in [3.63, 3.8) is 0 Å². The first-order valence-electron chi connectivity index (χ1n) is 16.4. The molecule has 0 saturated carbocycles. The zero-order valence-corrected chi connectivity index (χ0v) is 29.0. The van der Waals surface area contributed by atoms with Crippen molar-refractivity contribution in [3.8, 4) is 5.75 Å². The van der Waals surface area contributed by atoms with Gasteiger partial charge in [0.2, 0.25) is 0 Å². The lowest BCUT2D eigenvalue weighted by Crippen LogP contribution is -2.27. The van der Waals surface area contributed by atoms with Gasteiger partial charge in [0.1, 0.15) is 5.75 Å². The van der Waals surface area contributed by atoms with Gasteiger partial charge in [-0.15, -0.1) is 12.4 Å². The Morgan fingerprint density at radius 1 is 0.816 bits per heavy atom. The van der Waals surface area contributed by atoms with E-state index in [1.165, 1.54) is 40.0 Å². The molecule has 266 valence electrons. The molecule has 2 saturated heterocycles. The quantitative estimate of drug-likeness (QED) is 0.303. The summed E-state index contributed by atoms with van der Waals surface area (Å²) in [5.74, 6) is 0.234. The Morgan fingerprint density at radius 2 is 1.37 bits per heavy atom. The van der Waals surface area contributed by atoms with Crippen LogP contribution in [0.2, 0.25) is 0 Å². The number of hydrogen-bond donors (Lipinski definition) is 1. The second kappa shape index (κ2) is 15.8. The van der Waals surface area contributed by atoms with E-state index in [9.17, 15) is 26.4 Å². The van der Waals surface area contributed by atoms with Gasteiger partial charge in [-0.3, -0.25) is 4.79 Å². The highest BCUT2D eigenvalue weighted by Gasteiger charge is 2.32. The lowest BCUT2D eigenvalue weighted by Gasteiger charge is -2.22. The van der Waals surface area contributed by atoms with Gasteiger partial charge in [0.25, 0.3) is 5.91 Å². The average molecular weight is 723 g/mol. The van der Waals surface area contributed by atoms with Gasteiger partial charge in [-0.25, -0.2) is 8.42 Å². The first kappa shape index (κ1) is 37.1. The van der Waals surface area contributed by atoms with E-state index in [0.717, 1.165) is 80.6 Å². The molecule has 4 aliphatic rings. The lowest BCUT2D eigenvalue weighted by atomic mass is 9.90. The molecule has 1 N–H and O–H groups in total. The molecule has 0 bridgehead atoms. The summed E-state index contributed by atoms with van der Waals surface area (Å²) < 4.78 is 77.7. The third kappa shape index (κ3) is 9.35. The van der Waals surface area contributed by atoms with Crippen molar-refractivity contribution >= 4 is 28.2 Å². The summed E-state index contributed by atoms with van der Waals surface area (Å²) in [6.07, 6.45) is 0.605. The molecule has 4 aliphatic heterocycles. The fourth-order valence-corrected chi connectivity index (χ4v) is 7.45. The van der Waals surface area contributed by atoms with Crippen LogP contribution >= 0.6 is 12.4 Å². The molecule has 49 heavy (non-hydrogen) atoms. The number of carbonyl (C=O) groups is 1. The molecule has 0 radical (unpaired) electrons. The number of sulfone groups is 1. The second-order valence-electron chi connectivity index (χ2n) is 12.9. The first-order valence-corrected chi connectivity index (χ1v) is 18.3. The Bertz CT molecular complexity index is 1740. The summed E-state index contributed by atoms with van der Waals surface area (Å²) in [5, 5.41) is 3.39. The van der Waals surface area contributed by atoms with Crippen LogP contribution in [-0.4, -0.2) is 64.7 Å². The van der Waals surface area contributed by atoms with Crippen LogP contribution in [0.3, 0.4) is 0 Å². The average Bonchev–Trinajstić information content (AvgIpc) is 3.74.